The summed E-state index contributed by atoms with van der Waals surface area (Å²) in [5, 5.41) is 6.05. The van der Waals surface area contributed by atoms with E-state index in [0.717, 1.165) is 11.1 Å². The van der Waals surface area contributed by atoms with Crippen molar-refractivity contribution in [3.8, 4) is 0 Å². The molecule has 1 N–H and O–H groups in total. The van der Waals surface area contributed by atoms with Crippen LogP contribution in [0.25, 0.3) is 16.8 Å². The zero-order valence-electron chi connectivity index (χ0n) is 16.3. The van der Waals surface area contributed by atoms with Gasteiger partial charge in [-0.1, -0.05) is 73.5 Å². The van der Waals surface area contributed by atoms with Crippen LogP contribution in [-0.2, 0) is 4.79 Å². The largest absolute Gasteiger partial charge is 0.346 e. The quantitative estimate of drug-likeness (QED) is 0.501. The molecule has 27 heavy (non-hydrogen) atoms. The topological polar surface area (TPSA) is 29.1 Å². The average Bonchev–Trinajstić information content (AvgIpc) is 2.67. The Labute approximate surface area is 166 Å². The number of carbonyl (C=O) groups is 1. The van der Waals surface area contributed by atoms with E-state index in [4.69, 9.17) is 11.6 Å². The summed E-state index contributed by atoms with van der Waals surface area (Å²) in [5.74, 6) is -0.128. The number of aryl methyl sites for hydroxylation is 1. The Hall–Kier alpha value is -2.58. The fourth-order valence-electron chi connectivity index (χ4n) is 2.78. The molecule has 3 aromatic carbocycles. The van der Waals surface area contributed by atoms with Crippen molar-refractivity contribution in [2.24, 2.45) is 0 Å². The van der Waals surface area contributed by atoms with Gasteiger partial charge in [0.2, 0.25) is 5.91 Å². The zero-order valence-corrected chi connectivity index (χ0v) is 17.0. The van der Waals surface area contributed by atoms with E-state index in [0.29, 0.717) is 5.02 Å². The number of fused-ring (bicyclic) bond motifs is 1. The van der Waals surface area contributed by atoms with Crippen LogP contribution in [0.5, 0.6) is 0 Å². The van der Waals surface area contributed by atoms with Gasteiger partial charge in [-0.3, -0.25) is 4.79 Å². The average molecular weight is 380 g/mol. The Morgan fingerprint density at radius 3 is 2.48 bits per heavy atom. The number of halogens is 1. The van der Waals surface area contributed by atoms with Gasteiger partial charge in [0.25, 0.3) is 0 Å². The van der Waals surface area contributed by atoms with Crippen LogP contribution in [0.2, 0.25) is 5.02 Å². The summed E-state index contributed by atoms with van der Waals surface area (Å²) in [4.78, 5) is 12.2. The first-order valence-corrected chi connectivity index (χ1v) is 9.63. The van der Waals surface area contributed by atoms with Crippen LogP contribution >= 0.6 is 11.6 Å². The maximum absolute atomic E-state index is 12.2. The summed E-state index contributed by atoms with van der Waals surface area (Å²) in [6.07, 6.45) is 3.30. The SMILES string of the molecule is CC.Cc1ccc2ccc(C(C)NC(=O)/C=C/c3cccc(Cl)c3)cc2c1. The lowest BCUT2D eigenvalue weighted by Crippen LogP contribution is -2.24. The highest BCUT2D eigenvalue weighted by molar-refractivity contribution is 6.30. The number of benzene rings is 3. The van der Waals surface area contributed by atoms with E-state index in [2.05, 4.69) is 48.6 Å². The van der Waals surface area contributed by atoms with E-state index >= 15 is 0 Å². The lowest BCUT2D eigenvalue weighted by Gasteiger charge is -2.14. The smallest absolute Gasteiger partial charge is 0.244 e. The predicted molar refractivity (Wildman–Crippen MR) is 117 cm³/mol. The normalized spacial score (nSPS) is 11.7. The maximum Gasteiger partial charge on any atom is 0.244 e. The van der Waals surface area contributed by atoms with Gasteiger partial charge in [-0.2, -0.15) is 0 Å². The molecule has 3 aromatic rings. The molecule has 0 saturated heterocycles. The first-order valence-electron chi connectivity index (χ1n) is 9.26. The van der Waals surface area contributed by atoms with E-state index < -0.39 is 0 Å². The molecule has 0 bridgehead atoms. The minimum Gasteiger partial charge on any atom is -0.346 e. The van der Waals surface area contributed by atoms with Gasteiger partial charge in [-0.25, -0.2) is 0 Å². The number of rotatable bonds is 4. The molecule has 1 atom stereocenters. The van der Waals surface area contributed by atoms with Crippen molar-refractivity contribution >= 4 is 34.4 Å². The van der Waals surface area contributed by atoms with Crippen LogP contribution in [0.4, 0.5) is 0 Å². The molecule has 0 aliphatic heterocycles. The van der Waals surface area contributed by atoms with Gasteiger partial charge in [0.05, 0.1) is 6.04 Å². The van der Waals surface area contributed by atoms with Gasteiger partial charge < -0.3 is 5.32 Å². The number of hydrogen-bond donors (Lipinski definition) is 1. The van der Waals surface area contributed by atoms with Gasteiger partial charge in [-0.15, -0.1) is 0 Å². The maximum atomic E-state index is 12.2. The number of hydrogen-bond acceptors (Lipinski definition) is 1. The van der Waals surface area contributed by atoms with E-state index in [1.165, 1.54) is 22.4 Å². The Balaban J connectivity index is 0.00000126. The standard InChI is InChI=1S/C22H20ClNO.C2H6/c1-15-6-8-18-9-10-19(14-20(18)12-15)16(2)24-22(25)11-7-17-4-3-5-21(23)13-17;1-2/h3-14,16H,1-2H3,(H,24,25);1-2H3/b11-7+;. The first kappa shape index (κ1) is 20.7. The van der Waals surface area contributed by atoms with Gasteiger partial charge in [0, 0.05) is 11.1 Å². The molecule has 140 valence electrons. The fourth-order valence-corrected chi connectivity index (χ4v) is 2.98. The van der Waals surface area contributed by atoms with Crippen molar-refractivity contribution in [3.63, 3.8) is 0 Å². The van der Waals surface area contributed by atoms with E-state index in [-0.39, 0.29) is 11.9 Å². The van der Waals surface area contributed by atoms with Crippen LogP contribution in [0.1, 0.15) is 43.5 Å². The third kappa shape index (κ3) is 5.97. The second-order valence-corrected chi connectivity index (χ2v) is 6.67. The minimum absolute atomic E-state index is 0.0681. The molecule has 0 radical (unpaired) electrons. The van der Waals surface area contributed by atoms with E-state index in [1.54, 1.807) is 6.08 Å². The molecule has 0 spiro atoms. The van der Waals surface area contributed by atoms with Gasteiger partial charge >= 0.3 is 0 Å². The van der Waals surface area contributed by atoms with E-state index in [9.17, 15) is 4.79 Å². The van der Waals surface area contributed by atoms with Crippen LogP contribution < -0.4 is 5.32 Å². The van der Waals surface area contributed by atoms with Crippen molar-refractivity contribution in [1.82, 2.24) is 5.32 Å². The van der Waals surface area contributed by atoms with E-state index in [1.807, 2.05) is 45.0 Å². The first-order chi connectivity index (χ1) is 13.0. The van der Waals surface area contributed by atoms with Crippen molar-refractivity contribution in [2.75, 3.05) is 0 Å². The molecule has 0 aliphatic carbocycles. The van der Waals surface area contributed by atoms with Gasteiger partial charge in [-0.05, 0) is 60.0 Å². The van der Waals surface area contributed by atoms with Crippen molar-refractivity contribution < 1.29 is 4.79 Å². The Bertz CT molecular complexity index is 946. The lowest BCUT2D eigenvalue weighted by molar-refractivity contribution is -0.117. The summed E-state index contributed by atoms with van der Waals surface area (Å²) < 4.78 is 0. The van der Waals surface area contributed by atoms with Crippen molar-refractivity contribution in [2.45, 2.75) is 33.7 Å². The highest BCUT2D eigenvalue weighted by Gasteiger charge is 2.08. The number of carbonyl (C=O) groups excluding carboxylic acids is 1. The minimum atomic E-state index is -0.128. The highest BCUT2D eigenvalue weighted by atomic mass is 35.5. The molecular formula is C24H26ClNO. The molecule has 1 amide bonds. The molecule has 0 fully saturated rings. The van der Waals surface area contributed by atoms with Crippen LogP contribution in [0.3, 0.4) is 0 Å². The molecule has 3 heteroatoms. The Kier molecular flexibility index (Phi) is 7.63. The summed E-state index contributed by atoms with van der Waals surface area (Å²) >= 11 is 5.95. The summed E-state index contributed by atoms with van der Waals surface area (Å²) in [5.41, 5.74) is 3.21. The zero-order chi connectivity index (χ0) is 19.8. The molecule has 0 aromatic heterocycles. The molecule has 0 saturated carbocycles. The molecule has 3 rings (SSSR count). The predicted octanol–water partition coefficient (Wildman–Crippen LogP) is 6.72. The second-order valence-electron chi connectivity index (χ2n) is 6.23. The highest BCUT2D eigenvalue weighted by Crippen LogP contribution is 2.21. The Morgan fingerprint density at radius 2 is 1.74 bits per heavy atom. The third-order valence-corrected chi connectivity index (χ3v) is 4.39. The monoisotopic (exact) mass is 379 g/mol. The molecule has 0 heterocycles. The molecule has 1 unspecified atom stereocenters. The number of amides is 1. The molecule has 2 nitrogen and oxygen atoms in total. The van der Waals surface area contributed by atoms with Gasteiger partial charge in [0.15, 0.2) is 0 Å². The molecular weight excluding hydrogens is 354 g/mol. The Morgan fingerprint density at radius 1 is 1.00 bits per heavy atom. The van der Waals surface area contributed by atoms with Crippen LogP contribution in [-0.4, -0.2) is 5.91 Å². The lowest BCUT2D eigenvalue weighted by atomic mass is 10.0. The van der Waals surface area contributed by atoms with Crippen molar-refractivity contribution in [3.05, 3.63) is 88.5 Å². The molecule has 0 aliphatic rings. The fraction of sp³-hybridized carbons (Fsp3) is 0.208. The van der Waals surface area contributed by atoms with Crippen LogP contribution in [0, 0.1) is 6.92 Å². The summed E-state index contributed by atoms with van der Waals surface area (Å²) in [6.45, 7) is 8.07. The third-order valence-electron chi connectivity index (χ3n) is 4.15. The second kappa shape index (κ2) is 9.94. The summed E-state index contributed by atoms with van der Waals surface area (Å²) in [7, 11) is 0. The number of nitrogens with one attached hydrogen (secondary N) is 1. The van der Waals surface area contributed by atoms with Crippen molar-refractivity contribution in [1.29, 1.82) is 0 Å². The van der Waals surface area contributed by atoms with Crippen LogP contribution in [0.15, 0.2) is 66.7 Å². The van der Waals surface area contributed by atoms with Gasteiger partial charge in [0.1, 0.15) is 0 Å². The summed E-state index contributed by atoms with van der Waals surface area (Å²) in [6, 6.07) is 20.0.